The Bertz CT molecular complexity index is 1120. The van der Waals surface area contributed by atoms with E-state index in [1.54, 1.807) is 24.3 Å². The van der Waals surface area contributed by atoms with E-state index in [1.807, 2.05) is 62.4 Å². The van der Waals surface area contributed by atoms with Gasteiger partial charge in [-0.3, -0.25) is 10.2 Å². The van der Waals surface area contributed by atoms with Gasteiger partial charge >= 0.3 is 5.97 Å². The van der Waals surface area contributed by atoms with Crippen molar-refractivity contribution in [2.75, 3.05) is 7.11 Å². The molecule has 1 N–H and O–H groups in total. The number of rotatable bonds is 7. The minimum atomic E-state index is -0.689. The van der Waals surface area contributed by atoms with E-state index in [-0.39, 0.29) is 11.5 Å². The van der Waals surface area contributed by atoms with Crippen molar-refractivity contribution in [1.82, 2.24) is 5.43 Å². The summed E-state index contributed by atoms with van der Waals surface area (Å²) >= 11 is 3.34. The van der Waals surface area contributed by atoms with Crippen LogP contribution in [0.3, 0.4) is 0 Å². The van der Waals surface area contributed by atoms with Crippen LogP contribution in [0.1, 0.15) is 32.6 Å². The number of carbonyl (C=O) groups excluding carboxylic acids is 2. The first-order valence-electron chi connectivity index (χ1n) is 9.95. The number of allylic oxidation sites excluding steroid dienone is 1. The highest BCUT2D eigenvalue weighted by Gasteiger charge is 2.14. The zero-order chi connectivity index (χ0) is 23.1. The summed E-state index contributed by atoms with van der Waals surface area (Å²) in [5.74, 6) is -1.03. The van der Waals surface area contributed by atoms with Crippen LogP contribution in [-0.2, 0) is 9.53 Å². The number of carbonyl (C=O) groups is 2. The Kier molecular flexibility index (Phi) is 7.73. The number of halogens is 1. The molecule has 0 atom stereocenters. The summed E-state index contributed by atoms with van der Waals surface area (Å²) in [6.45, 7) is 4.02. The summed E-state index contributed by atoms with van der Waals surface area (Å²) in [5.41, 5.74) is 7.76. The Balaban J connectivity index is 1.99. The number of hydrogen-bond donors (Lipinski definition) is 1. The minimum absolute atomic E-state index is 0.0582. The van der Waals surface area contributed by atoms with Crippen molar-refractivity contribution in [2.24, 2.45) is 5.10 Å². The second kappa shape index (κ2) is 10.7. The van der Waals surface area contributed by atoms with Crippen molar-refractivity contribution in [2.45, 2.75) is 13.8 Å². The molecule has 5 nitrogen and oxygen atoms in total. The van der Waals surface area contributed by atoms with Gasteiger partial charge < -0.3 is 4.74 Å². The molecule has 0 heterocycles. The summed E-state index contributed by atoms with van der Waals surface area (Å²) in [7, 11) is 1.26. The van der Waals surface area contributed by atoms with E-state index in [9.17, 15) is 9.59 Å². The minimum Gasteiger partial charge on any atom is -0.464 e. The number of methoxy groups -OCH3 is 1. The number of esters is 1. The van der Waals surface area contributed by atoms with E-state index < -0.39 is 5.97 Å². The van der Waals surface area contributed by atoms with E-state index in [4.69, 9.17) is 4.74 Å². The van der Waals surface area contributed by atoms with Crippen molar-refractivity contribution >= 4 is 33.4 Å². The standard InChI is InChI=1S/C26H23BrN2O3/c1-17-4-8-20(9-5-17)25(21-10-6-18(2)7-11-21)29-28-23(26(31)32-3)16-24(30)19-12-14-22(27)15-13-19/h4-16,28H,1-3H3/b23-16-. The molecule has 0 fully saturated rings. The predicted molar refractivity (Wildman–Crippen MR) is 130 cm³/mol. The Morgan fingerprint density at radius 2 is 1.28 bits per heavy atom. The summed E-state index contributed by atoms with van der Waals surface area (Å²) < 4.78 is 5.70. The summed E-state index contributed by atoms with van der Waals surface area (Å²) in [5, 5.41) is 4.49. The molecule has 0 aliphatic rings. The van der Waals surface area contributed by atoms with E-state index in [0.29, 0.717) is 11.3 Å². The molecule has 3 rings (SSSR count). The molecular weight excluding hydrogens is 468 g/mol. The second-order valence-electron chi connectivity index (χ2n) is 7.23. The van der Waals surface area contributed by atoms with E-state index >= 15 is 0 Å². The average Bonchev–Trinajstić information content (AvgIpc) is 2.80. The highest BCUT2D eigenvalue weighted by atomic mass is 79.9. The summed E-state index contributed by atoms with van der Waals surface area (Å²) in [6.07, 6.45) is 1.19. The number of nitrogens with zero attached hydrogens (tertiary/aromatic N) is 1. The first-order valence-corrected chi connectivity index (χ1v) is 10.7. The topological polar surface area (TPSA) is 67.8 Å². The highest BCUT2D eigenvalue weighted by molar-refractivity contribution is 9.10. The average molecular weight is 491 g/mol. The monoisotopic (exact) mass is 490 g/mol. The van der Waals surface area contributed by atoms with E-state index in [2.05, 4.69) is 26.5 Å². The van der Waals surface area contributed by atoms with Gasteiger partial charge in [-0.15, -0.1) is 0 Å². The number of ketones is 1. The van der Waals surface area contributed by atoms with Gasteiger partial charge in [0.05, 0.1) is 12.8 Å². The Labute approximate surface area is 195 Å². The smallest absolute Gasteiger partial charge is 0.356 e. The van der Waals surface area contributed by atoms with Crippen LogP contribution < -0.4 is 5.43 Å². The molecule has 0 amide bonds. The number of aryl methyl sites for hydroxylation is 2. The van der Waals surface area contributed by atoms with Crippen LogP contribution >= 0.6 is 15.9 Å². The van der Waals surface area contributed by atoms with Gasteiger partial charge in [-0.2, -0.15) is 5.10 Å². The van der Waals surface area contributed by atoms with E-state index in [1.165, 1.54) is 13.2 Å². The van der Waals surface area contributed by atoms with Crippen LogP contribution in [0.15, 0.2) is 94.1 Å². The molecule has 0 unspecified atom stereocenters. The first-order chi connectivity index (χ1) is 15.4. The van der Waals surface area contributed by atoms with Gasteiger partial charge in [-0.1, -0.05) is 75.6 Å². The lowest BCUT2D eigenvalue weighted by atomic mass is 10.0. The first kappa shape index (κ1) is 23.2. The third-order valence-electron chi connectivity index (χ3n) is 4.75. The van der Waals surface area contributed by atoms with Gasteiger partial charge in [0.1, 0.15) is 5.70 Å². The zero-order valence-corrected chi connectivity index (χ0v) is 19.6. The van der Waals surface area contributed by atoms with Gasteiger partial charge in [-0.05, 0) is 38.1 Å². The Hall–Kier alpha value is -3.51. The van der Waals surface area contributed by atoms with Gasteiger partial charge in [0.2, 0.25) is 0 Å². The maximum Gasteiger partial charge on any atom is 0.356 e. The normalized spacial score (nSPS) is 10.9. The molecule has 162 valence electrons. The maximum atomic E-state index is 12.7. The molecule has 0 aliphatic carbocycles. The van der Waals surface area contributed by atoms with Crippen molar-refractivity contribution in [3.8, 4) is 0 Å². The van der Waals surface area contributed by atoms with Crippen LogP contribution in [0, 0.1) is 13.8 Å². The largest absolute Gasteiger partial charge is 0.464 e. The van der Waals surface area contributed by atoms with Crippen LogP contribution in [0.25, 0.3) is 0 Å². The van der Waals surface area contributed by atoms with Crippen LogP contribution in [0.2, 0.25) is 0 Å². The van der Waals surface area contributed by atoms with Crippen molar-refractivity contribution in [1.29, 1.82) is 0 Å². The molecule has 0 spiro atoms. The molecule has 3 aromatic carbocycles. The third-order valence-corrected chi connectivity index (χ3v) is 5.28. The summed E-state index contributed by atoms with van der Waals surface area (Å²) in [6, 6.07) is 22.7. The van der Waals surface area contributed by atoms with Crippen LogP contribution in [0.5, 0.6) is 0 Å². The number of ether oxygens (including phenoxy) is 1. The predicted octanol–water partition coefficient (Wildman–Crippen LogP) is 5.35. The molecule has 0 radical (unpaired) electrons. The number of hydrogen-bond acceptors (Lipinski definition) is 5. The lowest BCUT2D eigenvalue weighted by Crippen LogP contribution is -2.21. The zero-order valence-electron chi connectivity index (χ0n) is 18.1. The number of nitrogens with one attached hydrogen (secondary N) is 1. The third kappa shape index (κ3) is 6.02. The molecule has 0 saturated carbocycles. The molecule has 0 aromatic heterocycles. The molecule has 0 bridgehead atoms. The fraction of sp³-hybridized carbons (Fsp3) is 0.115. The highest BCUT2D eigenvalue weighted by Crippen LogP contribution is 2.15. The Morgan fingerprint density at radius 3 is 1.75 bits per heavy atom. The lowest BCUT2D eigenvalue weighted by Gasteiger charge is -2.11. The lowest BCUT2D eigenvalue weighted by molar-refractivity contribution is -0.136. The van der Waals surface area contributed by atoms with Crippen LogP contribution in [0.4, 0.5) is 0 Å². The fourth-order valence-electron chi connectivity index (χ4n) is 2.91. The van der Waals surface area contributed by atoms with Gasteiger partial charge in [0.25, 0.3) is 0 Å². The molecule has 6 heteroatoms. The van der Waals surface area contributed by atoms with Crippen LogP contribution in [-0.4, -0.2) is 24.6 Å². The van der Waals surface area contributed by atoms with E-state index in [0.717, 1.165) is 26.7 Å². The number of hydrazone groups is 1. The summed E-state index contributed by atoms with van der Waals surface area (Å²) in [4.78, 5) is 25.0. The van der Waals surface area contributed by atoms with Gasteiger partial charge in [-0.25, -0.2) is 4.79 Å². The quantitative estimate of drug-likeness (QED) is 0.159. The van der Waals surface area contributed by atoms with Gasteiger partial charge in [0.15, 0.2) is 5.78 Å². The molecule has 0 aliphatic heterocycles. The molecule has 32 heavy (non-hydrogen) atoms. The van der Waals surface area contributed by atoms with Gasteiger partial charge in [0, 0.05) is 27.2 Å². The fourth-order valence-corrected chi connectivity index (χ4v) is 3.17. The SMILES string of the molecule is COC(=O)/C(=C/C(=O)c1ccc(Br)cc1)NN=C(c1ccc(C)cc1)c1ccc(C)cc1. The van der Waals surface area contributed by atoms with Crippen molar-refractivity contribution in [3.05, 3.63) is 117 Å². The molecule has 3 aromatic rings. The van der Waals surface area contributed by atoms with Crippen molar-refractivity contribution < 1.29 is 14.3 Å². The number of benzene rings is 3. The second-order valence-corrected chi connectivity index (χ2v) is 8.14. The van der Waals surface area contributed by atoms with Crippen molar-refractivity contribution in [3.63, 3.8) is 0 Å². The molecule has 0 saturated heterocycles. The molecular formula is C26H23BrN2O3. The maximum absolute atomic E-state index is 12.7. The Morgan fingerprint density at radius 1 is 0.812 bits per heavy atom.